The molecule has 0 saturated carbocycles. The predicted octanol–water partition coefficient (Wildman–Crippen LogP) is 2.43. The number of alkyl halides is 1. The molecule has 0 spiro atoms. The summed E-state index contributed by atoms with van der Waals surface area (Å²) in [4.78, 5) is 0.00748. The van der Waals surface area contributed by atoms with Crippen LogP contribution in [0.5, 0.6) is 0 Å². The number of benzene rings is 1. The molecule has 0 aromatic heterocycles. The first-order chi connectivity index (χ1) is 8.02. The Bertz CT molecular complexity index is 562. The smallest absolute Gasteiger partial charge is 0.150 e. The molecule has 2 atom stereocenters. The Morgan fingerprint density at radius 2 is 2.24 bits per heavy atom. The van der Waals surface area contributed by atoms with Crippen LogP contribution in [0.15, 0.2) is 24.3 Å². The third-order valence-corrected chi connectivity index (χ3v) is 6.09. The molecule has 0 N–H and O–H groups in total. The van der Waals surface area contributed by atoms with Crippen molar-refractivity contribution in [2.24, 2.45) is 5.92 Å². The van der Waals surface area contributed by atoms with Crippen LogP contribution in [0.25, 0.3) is 0 Å². The van der Waals surface area contributed by atoms with Gasteiger partial charge in [-0.3, -0.25) is 0 Å². The van der Waals surface area contributed by atoms with Crippen LogP contribution in [-0.4, -0.2) is 19.9 Å². The second kappa shape index (κ2) is 4.79. The van der Waals surface area contributed by atoms with Gasteiger partial charge in [0.05, 0.1) is 23.1 Å². The first-order valence-electron chi connectivity index (χ1n) is 5.36. The lowest BCUT2D eigenvalue weighted by Gasteiger charge is -2.16. The van der Waals surface area contributed by atoms with Gasteiger partial charge in [0.15, 0.2) is 9.84 Å². The molecule has 1 aromatic carbocycles. The highest BCUT2D eigenvalue weighted by Crippen LogP contribution is 2.37. The van der Waals surface area contributed by atoms with Crippen LogP contribution in [0.2, 0.25) is 0 Å². The fraction of sp³-hybridized carbons (Fsp3) is 0.417. The van der Waals surface area contributed by atoms with E-state index >= 15 is 0 Å². The molecular weight excluding hydrogens is 302 g/mol. The van der Waals surface area contributed by atoms with Crippen LogP contribution in [0, 0.1) is 17.2 Å². The number of nitrogens with zero attached hydrogens (tertiary/aromatic N) is 1. The van der Waals surface area contributed by atoms with Crippen LogP contribution in [-0.2, 0) is 9.84 Å². The average molecular weight is 314 g/mol. The fourth-order valence-corrected chi connectivity index (χ4v) is 4.93. The summed E-state index contributed by atoms with van der Waals surface area (Å²) in [7, 11) is -2.86. The SMILES string of the molecule is N#Cc1cccc(C(Br)C2CCS(=O)(=O)C2)c1. The molecule has 17 heavy (non-hydrogen) atoms. The Kier molecular flexibility index (Phi) is 3.55. The Balaban J connectivity index is 2.20. The zero-order valence-electron chi connectivity index (χ0n) is 9.14. The zero-order chi connectivity index (χ0) is 12.5. The molecule has 2 unspecified atom stereocenters. The van der Waals surface area contributed by atoms with Crippen LogP contribution < -0.4 is 0 Å². The summed E-state index contributed by atoms with van der Waals surface area (Å²) in [6.45, 7) is 0. The number of sulfone groups is 1. The summed E-state index contributed by atoms with van der Waals surface area (Å²) in [6.07, 6.45) is 0.690. The number of nitriles is 1. The maximum absolute atomic E-state index is 11.4. The van der Waals surface area contributed by atoms with E-state index in [1.807, 2.05) is 18.2 Å². The van der Waals surface area contributed by atoms with Gasteiger partial charge in [-0.25, -0.2) is 8.42 Å². The largest absolute Gasteiger partial charge is 0.229 e. The maximum Gasteiger partial charge on any atom is 0.150 e. The van der Waals surface area contributed by atoms with Crippen molar-refractivity contribution in [3.63, 3.8) is 0 Å². The minimum Gasteiger partial charge on any atom is -0.229 e. The third kappa shape index (κ3) is 2.88. The van der Waals surface area contributed by atoms with Crippen molar-refractivity contribution in [3.05, 3.63) is 35.4 Å². The van der Waals surface area contributed by atoms with Gasteiger partial charge in [-0.1, -0.05) is 28.1 Å². The number of hydrogen-bond donors (Lipinski definition) is 0. The van der Waals surface area contributed by atoms with Gasteiger partial charge in [-0.2, -0.15) is 5.26 Å². The van der Waals surface area contributed by atoms with Gasteiger partial charge >= 0.3 is 0 Å². The van der Waals surface area contributed by atoms with Gasteiger partial charge < -0.3 is 0 Å². The lowest BCUT2D eigenvalue weighted by molar-refractivity contribution is 0.580. The van der Waals surface area contributed by atoms with E-state index in [2.05, 4.69) is 22.0 Å². The Morgan fingerprint density at radius 3 is 2.82 bits per heavy atom. The molecule has 1 saturated heterocycles. The Hall–Kier alpha value is -0.860. The van der Waals surface area contributed by atoms with E-state index in [0.29, 0.717) is 12.0 Å². The van der Waals surface area contributed by atoms with E-state index in [1.54, 1.807) is 6.07 Å². The molecule has 1 fully saturated rings. The van der Waals surface area contributed by atoms with Crippen LogP contribution in [0.1, 0.15) is 22.4 Å². The van der Waals surface area contributed by atoms with Crippen LogP contribution in [0.4, 0.5) is 0 Å². The molecule has 0 amide bonds. The Labute approximate surface area is 110 Å². The average Bonchev–Trinajstić information content (AvgIpc) is 2.69. The molecule has 2 rings (SSSR count). The van der Waals surface area contributed by atoms with Crippen molar-refractivity contribution >= 4 is 25.8 Å². The summed E-state index contributed by atoms with van der Waals surface area (Å²) in [6, 6.07) is 9.39. The van der Waals surface area contributed by atoms with Crippen molar-refractivity contribution in [1.82, 2.24) is 0 Å². The molecule has 0 aliphatic carbocycles. The lowest BCUT2D eigenvalue weighted by Crippen LogP contribution is -2.10. The minimum atomic E-state index is -2.86. The topological polar surface area (TPSA) is 57.9 Å². The molecule has 3 nitrogen and oxygen atoms in total. The highest BCUT2D eigenvalue weighted by atomic mass is 79.9. The number of halogens is 1. The summed E-state index contributed by atoms with van der Waals surface area (Å²) >= 11 is 3.55. The lowest BCUT2D eigenvalue weighted by atomic mass is 9.97. The molecule has 0 radical (unpaired) electrons. The van der Waals surface area contributed by atoms with Crippen molar-refractivity contribution in [2.45, 2.75) is 11.2 Å². The molecular formula is C12H12BrNO2S. The molecule has 90 valence electrons. The third-order valence-electron chi connectivity index (χ3n) is 3.02. The zero-order valence-corrected chi connectivity index (χ0v) is 11.5. The summed E-state index contributed by atoms with van der Waals surface area (Å²) < 4.78 is 22.9. The van der Waals surface area contributed by atoms with E-state index in [-0.39, 0.29) is 22.3 Å². The highest BCUT2D eigenvalue weighted by Gasteiger charge is 2.33. The molecule has 5 heteroatoms. The summed E-state index contributed by atoms with van der Waals surface area (Å²) in [5.74, 6) is 0.617. The van der Waals surface area contributed by atoms with Crippen molar-refractivity contribution in [3.8, 4) is 6.07 Å². The van der Waals surface area contributed by atoms with E-state index in [9.17, 15) is 8.42 Å². The predicted molar refractivity (Wildman–Crippen MR) is 69.6 cm³/mol. The van der Waals surface area contributed by atoms with Crippen molar-refractivity contribution in [2.75, 3.05) is 11.5 Å². The summed E-state index contributed by atoms with van der Waals surface area (Å²) in [5.41, 5.74) is 1.58. The van der Waals surface area contributed by atoms with E-state index < -0.39 is 9.84 Å². The first kappa shape index (κ1) is 12.6. The molecule has 1 aliphatic rings. The standard InChI is InChI=1S/C12H12BrNO2S/c13-12(11-4-5-17(15,16)8-11)10-3-1-2-9(6-10)7-14/h1-3,6,11-12H,4-5,8H2. The summed E-state index contributed by atoms with van der Waals surface area (Å²) in [5, 5.41) is 8.83. The molecule has 1 aromatic rings. The van der Waals surface area contributed by atoms with Gasteiger partial charge in [0.2, 0.25) is 0 Å². The van der Waals surface area contributed by atoms with Gasteiger partial charge in [0.1, 0.15) is 0 Å². The molecule has 0 bridgehead atoms. The van der Waals surface area contributed by atoms with Gasteiger partial charge in [-0.15, -0.1) is 0 Å². The van der Waals surface area contributed by atoms with Crippen LogP contribution >= 0.6 is 15.9 Å². The second-order valence-corrected chi connectivity index (χ2v) is 7.52. The van der Waals surface area contributed by atoms with Gasteiger partial charge in [0, 0.05) is 4.83 Å². The normalized spacial score (nSPS) is 24.1. The van der Waals surface area contributed by atoms with Gasteiger partial charge in [0.25, 0.3) is 0 Å². The van der Waals surface area contributed by atoms with E-state index in [1.165, 1.54) is 0 Å². The maximum atomic E-state index is 11.4. The second-order valence-electron chi connectivity index (χ2n) is 4.30. The van der Waals surface area contributed by atoms with E-state index in [0.717, 1.165) is 5.56 Å². The number of hydrogen-bond acceptors (Lipinski definition) is 3. The number of rotatable bonds is 2. The highest BCUT2D eigenvalue weighted by molar-refractivity contribution is 9.09. The Morgan fingerprint density at radius 1 is 1.47 bits per heavy atom. The fourth-order valence-electron chi connectivity index (χ4n) is 2.11. The minimum absolute atomic E-state index is 0.00748. The monoisotopic (exact) mass is 313 g/mol. The van der Waals surface area contributed by atoms with Crippen molar-refractivity contribution < 1.29 is 8.42 Å². The van der Waals surface area contributed by atoms with Crippen molar-refractivity contribution in [1.29, 1.82) is 5.26 Å². The van der Waals surface area contributed by atoms with Gasteiger partial charge in [-0.05, 0) is 30.0 Å². The molecule has 1 aliphatic heterocycles. The molecule has 1 heterocycles. The van der Waals surface area contributed by atoms with E-state index in [4.69, 9.17) is 5.26 Å². The quantitative estimate of drug-likeness (QED) is 0.788. The first-order valence-corrected chi connectivity index (χ1v) is 8.10. The van der Waals surface area contributed by atoms with Crippen LogP contribution in [0.3, 0.4) is 0 Å².